The second-order valence-electron chi connectivity index (χ2n) is 6.70. The number of aromatic nitrogens is 4. The van der Waals surface area contributed by atoms with Gasteiger partial charge in [-0.05, 0) is 31.2 Å². The van der Waals surface area contributed by atoms with Crippen LogP contribution in [-0.2, 0) is 13.0 Å². The average Bonchev–Trinajstić information content (AvgIpc) is 3.38. The normalized spacial score (nSPS) is 12.2. The minimum Gasteiger partial charge on any atom is -0.343 e. The van der Waals surface area contributed by atoms with E-state index < -0.39 is 0 Å². The van der Waals surface area contributed by atoms with E-state index in [0.29, 0.717) is 12.2 Å². The molecule has 0 saturated carbocycles. The third-order valence-corrected chi connectivity index (χ3v) is 5.42. The lowest BCUT2D eigenvalue weighted by Crippen LogP contribution is -2.27. The van der Waals surface area contributed by atoms with Crippen LogP contribution in [0.25, 0.3) is 11.0 Å². The summed E-state index contributed by atoms with van der Waals surface area (Å²) in [6.07, 6.45) is 2.48. The molecule has 1 amide bonds. The van der Waals surface area contributed by atoms with Crippen LogP contribution >= 0.6 is 11.3 Å². The number of nitrogens with zero attached hydrogens (tertiary/aromatic N) is 3. The lowest BCUT2D eigenvalue weighted by atomic mass is 10.2. The molecule has 3 aromatic heterocycles. The van der Waals surface area contributed by atoms with Crippen LogP contribution in [0.4, 0.5) is 0 Å². The molecule has 0 aliphatic carbocycles. The molecule has 0 radical (unpaired) electrons. The number of rotatable bonds is 8. The molecule has 3 heterocycles. The molecule has 0 spiro atoms. The number of pyridine rings is 1. The zero-order chi connectivity index (χ0) is 20.1. The van der Waals surface area contributed by atoms with E-state index in [1.54, 1.807) is 11.6 Å². The van der Waals surface area contributed by atoms with Gasteiger partial charge < -0.3 is 15.6 Å². The number of para-hydroxylation sites is 2. The van der Waals surface area contributed by atoms with Gasteiger partial charge in [-0.1, -0.05) is 18.2 Å². The molecule has 0 fully saturated rings. The fourth-order valence-corrected chi connectivity index (χ4v) is 3.78. The Labute approximate surface area is 172 Å². The van der Waals surface area contributed by atoms with Gasteiger partial charge in [0.1, 0.15) is 11.5 Å². The number of carbonyl (C=O) groups is 1. The van der Waals surface area contributed by atoms with Crippen molar-refractivity contribution in [1.29, 1.82) is 0 Å². The number of hydrogen-bond acceptors (Lipinski definition) is 6. The smallest absolute Gasteiger partial charge is 0.271 e. The van der Waals surface area contributed by atoms with Gasteiger partial charge >= 0.3 is 0 Å². The van der Waals surface area contributed by atoms with Crippen molar-refractivity contribution in [3.63, 3.8) is 0 Å². The first-order valence-corrected chi connectivity index (χ1v) is 10.4. The predicted molar refractivity (Wildman–Crippen MR) is 114 cm³/mol. The van der Waals surface area contributed by atoms with Crippen LogP contribution in [0.3, 0.4) is 0 Å². The van der Waals surface area contributed by atoms with Crippen molar-refractivity contribution in [2.75, 3.05) is 6.54 Å². The van der Waals surface area contributed by atoms with Crippen LogP contribution in [0.2, 0.25) is 0 Å². The number of carbonyl (C=O) groups excluding carboxylic acids is 1. The molecule has 1 unspecified atom stereocenters. The Balaban J connectivity index is 1.25. The summed E-state index contributed by atoms with van der Waals surface area (Å²) in [6, 6.07) is 13.5. The van der Waals surface area contributed by atoms with Crippen molar-refractivity contribution in [3.05, 3.63) is 76.3 Å². The quantitative estimate of drug-likeness (QED) is 0.391. The number of H-pyrrole nitrogens is 1. The Bertz CT molecular complexity index is 1060. The van der Waals surface area contributed by atoms with Gasteiger partial charge in [-0.2, -0.15) is 0 Å². The highest BCUT2D eigenvalue weighted by atomic mass is 32.1. The van der Waals surface area contributed by atoms with E-state index in [-0.39, 0.29) is 11.9 Å². The number of amides is 1. The Kier molecular flexibility index (Phi) is 5.92. The minimum absolute atomic E-state index is 0.167. The van der Waals surface area contributed by atoms with E-state index in [1.165, 1.54) is 11.3 Å². The maximum Gasteiger partial charge on any atom is 0.271 e. The second-order valence-corrected chi connectivity index (χ2v) is 7.65. The van der Waals surface area contributed by atoms with Crippen LogP contribution in [0.5, 0.6) is 0 Å². The molecule has 4 rings (SSSR count). The average molecular weight is 407 g/mol. The summed E-state index contributed by atoms with van der Waals surface area (Å²) < 4.78 is 0. The number of nitrogens with one attached hydrogen (secondary N) is 3. The van der Waals surface area contributed by atoms with E-state index >= 15 is 0 Å². The molecule has 148 valence electrons. The van der Waals surface area contributed by atoms with Crippen molar-refractivity contribution in [1.82, 2.24) is 30.6 Å². The SMILES string of the molecule is CC(NC(=O)c1csc(CCNCc2nc3ccccc3[nH]2)n1)c1ccccn1. The third kappa shape index (κ3) is 4.85. The fourth-order valence-electron chi connectivity index (χ4n) is 3.00. The highest BCUT2D eigenvalue weighted by molar-refractivity contribution is 7.09. The first-order valence-electron chi connectivity index (χ1n) is 9.49. The number of benzene rings is 1. The summed E-state index contributed by atoms with van der Waals surface area (Å²) in [4.78, 5) is 29.0. The maximum absolute atomic E-state index is 12.4. The van der Waals surface area contributed by atoms with Gasteiger partial charge in [-0.3, -0.25) is 9.78 Å². The highest BCUT2D eigenvalue weighted by Crippen LogP contribution is 2.14. The van der Waals surface area contributed by atoms with E-state index in [2.05, 4.69) is 30.6 Å². The van der Waals surface area contributed by atoms with Crippen LogP contribution in [-0.4, -0.2) is 32.4 Å². The Morgan fingerprint density at radius 2 is 2.03 bits per heavy atom. The topological polar surface area (TPSA) is 95.6 Å². The molecule has 1 atom stereocenters. The Morgan fingerprint density at radius 1 is 1.17 bits per heavy atom. The standard InChI is InChI=1S/C21H22N6OS/c1-14(15-6-4-5-10-23-15)24-21(28)18-13-29-20(27-18)9-11-22-12-19-25-16-7-2-3-8-17(16)26-19/h2-8,10,13-14,22H,9,11-12H2,1H3,(H,24,28)(H,25,26). The third-order valence-electron chi connectivity index (χ3n) is 4.51. The van der Waals surface area contributed by atoms with Crippen molar-refractivity contribution in [2.45, 2.75) is 25.9 Å². The molecule has 8 heteroatoms. The largest absolute Gasteiger partial charge is 0.343 e. The summed E-state index contributed by atoms with van der Waals surface area (Å²) >= 11 is 1.50. The van der Waals surface area contributed by atoms with Crippen LogP contribution in [0, 0.1) is 0 Å². The Morgan fingerprint density at radius 3 is 2.86 bits per heavy atom. The van der Waals surface area contributed by atoms with Crippen LogP contribution < -0.4 is 10.6 Å². The van der Waals surface area contributed by atoms with E-state index in [1.807, 2.05) is 49.4 Å². The summed E-state index contributed by atoms with van der Waals surface area (Å²) in [5.41, 5.74) is 3.29. The molecule has 1 aromatic carbocycles. The molecule has 0 bridgehead atoms. The molecule has 29 heavy (non-hydrogen) atoms. The summed E-state index contributed by atoms with van der Waals surface area (Å²) in [6.45, 7) is 3.33. The minimum atomic E-state index is -0.180. The molecule has 3 N–H and O–H groups in total. The van der Waals surface area contributed by atoms with Crippen molar-refractivity contribution in [3.8, 4) is 0 Å². The Hall–Kier alpha value is -3.10. The zero-order valence-corrected chi connectivity index (χ0v) is 16.9. The maximum atomic E-state index is 12.4. The molecule has 7 nitrogen and oxygen atoms in total. The van der Waals surface area contributed by atoms with Gasteiger partial charge in [0.15, 0.2) is 0 Å². The number of hydrogen-bond donors (Lipinski definition) is 3. The van der Waals surface area contributed by atoms with E-state index in [9.17, 15) is 4.79 Å². The number of fused-ring (bicyclic) bond motifs is 1. The molecule has 0 saturated heterocycles. The van der Waals surface area contributed by atoms with Crippen molar-refractivity contribution < 1.29 is 4.79 Å². The molecule has 0 aliphatic rings. The van der Waals surface area contributed by atoms with Gasteiger partial charge in [-0.15, -0.1) is 11.3 Å². The van der Waals surface area contributed by atoms with Gasteiger partial charge in [0.05, 0.1) is 34.3 Å². The first kappa shape index (κ1) is 19.2. The predicted octanol–water partition coefficient (Wildman–Crippen LogP) is 3.24. The van der Waals surface area contributed by atoms with Gasteiger partial charge in [0.2, 0.25) is 0 Å². The number of thiazole rings is 1. The number of imidazole rings is 1. The second kappa shape index (κ2) is 8.93. The fraction of sp³-hybridized carbons (Fsp3) is 0.238. The monoisotopic (exact) mass is 406 g/mol. The molecule has 4 aromatic rings. The molecular weight excluding hydrogens is 384 g/mol. The lowest BCUT2D eigenvalue weighted by Gasteiger charge is -2.11. The summed E-state index contributed by atoms with van der Waals surface area (Å²) in [5, 5.41) is 9.04. The van der Waals surface area contributed by atoms with Gasteiger partial charge in [0, 0.05) is 24.5 Å². The van der Waals surface area contributed by atoms with E-state index in [4.69, 9.17) is 0 Å². The van der Waals surface area contributed by atoms with E-state index in [0.717, 1.165) is 40.5 Å². The lowest BCUT2D eigenvalue weighted by molar-refractivity contribution is 0.0934. The van der Waals surface area contributed by atoms with Crippen molar-refractivity contribution in [2.24, 2.45) is 0 Å². The first-order chi connectivity index (χ1) is 14.2. The molecule has 0 aliphatic heterocycles. The number of aromatic amines is 1. The van der Waals surface area contributed by atoms with Gasteiger partial charge in [-0.25, -0.2) is 9.97 Å². The zero-order valence-electron chi connectivity index (χ0n) is 16.1. The molecular formula is C21H22N6OS. The van der Waals surface area contributed by atoms with Crippen LogP contribution in [0.15, 0.2) is 54.0 Å². The van der Waals surface area contributed by atoms with Crippen molar-refractivity contribution >= 4 is 28.3 Å². The summed E-state index contributed by atoms with van der Waals surface area (Å²) in [5.74, 6) is 0.731. The summed E-state index contributed by atoms with van der Waals surface area (Å²) in [7, 11) is 0. The van der Waals surface area contributed by atoms with Gasteiger partial charge in [0.25, 0.3) is 5.91 Å². The van der Waals surface area contributed by atoms with Crippen LogP contribution in [0.1, 0.15) is 40.0 Å². The highest BCUT2D eigenvalue weighted by Gasteiger charge is 2.15.